The molecule has 0 saturated carbocycles. The average Bonchev–Trinajstić information content (AvgIpc) is 2.57. The summed E-state index contributed by atoms with van der Waals surface area (Å²) >= 11 is 0. The smallest absolute Gasteiger partial charge is 0.0104 e. The van der Waals surface area contributed by atoms with Crippen molar-refractivity contribution in [3.8, 4) is 0 Å². The van der Waals surface area contributed by atoms with Crippen LogP contribution in [0.25, 0.3) is 0 Å². The Balaban J connectivity index is 2.70. The zero-order valence-electron chi connectivity index (χ0n) is 17.6. The normalized spacial score (nSPS) is 20.0. The van der Waals surface area contributed by atoms with Gasteiger partial charge in [-0.15, -0.1) is 0 Å². The Morgan fingerprint density at radius 2 is 1.46 bits per heavy atom. The lowest BCUT2D eigenvalue weighted by Gasteiger charge is -2.32. The predicted molar refractivity (Wildman–Crippen MR) is 119 cm³/mol. The number of hydrogen-bond acceptors (Lipinski definition) is 0. The molecular formula is C26H36. The van der Waals surface area contributed by atoms with Crippen molar-refractivity contribution in [1.82, 2.24) is 0 Å². The van der Waals surface area contributed by atoms with Crippen LogP contribution in [-0.4, -0.2) is 0 Å². The molecule has 0 aliphatic heterocycles. The first-order valence-electron chi connectivity index (χ1n) is 9.64. The van der Waals surface area contributed by atoms with Crippen molar-refractivity contribution in [2.75, 3.05) is 0 Å². The second-order valence-corrected chi connectivity index (χ2v) is 7.94. The van der Waals surface area contributed by atoms with Gasteiger partial charge in [0.15, 0.2) is 0 Å². The highest BCUT2D eigenvalue weighted by molar-refractivity contribution is 5.37. The Morgan fingerprint density at radius 3 is 2.08 bits per heavy atom. The third-order valence-electron chi connectivity index (χ3n) is 4.92. The molecule has 0 nitrogen and oxygen atoms in total. The lowest BCUT2D eigenvalue weighted by atomic mass is 9.72. The summed E-state index contributed by atoms with van der Waals surface area (Å²) in [4.78, 5) is 0. The fourth-order valence-electron chi connectivity index (χ4n) is 3.17. The first-order valence-corrected chi connectivity index (χ1v) is 9.64. The molecule has 0 bridgehead atoms. The van der Waals surface area contributed by atoms with Crippen LogP contribution in [0.5, 0.6) is 0 Å². The van der Waals surface area contributed by atoms with Crippen LogP contribution in [-0.2, 0) is 0 Å². The maximum atomic E-state index is 3.74. The molecule has 140 valence electrons. The molecule has 0 aromatic carbocycles. The van der Waals surface area contributed by atoms with E-state index in [9.17, 15) is 0 Å². The van der Waals surface area contributed by atoms with Gasteiger partial charge in [-0.3, -0.25) is 0 Å². The van der Waals surface area contributed by atoms with Crippen LogP contribution in [0, 0.1) is 5.41 Å². The molecular weight excluding hydrogens is 312 g/mol. The van der Waals surface area contributed by atoms with Gasteiger partial charge in [-0.25, -0.2) is 0 Å². The molecule has 0 radical (unpaired) electrons. The van der Waals surface area contributed by atoms with Crippen LogP contribution in [0.2, 0.25) is 0 Å². The van der Waals surface area contributed by atoms with Crippen molar-refractivity contribution < 1.29 is 0 Å². The van der Waals surface area contributed by atoms with Crippen molar-refractivity contribution >= 4 is 0 Å². The Bertz CT molecular complexity index is 694. The Hall–Kier alpha value is -2.08. The van der Waals surface area contributed by atoms with Gasteiger partial charge in [0, 0.05) is 0 Å². The minimum atomic E-state index is 0.305. The van der Waals surface area contributed by atoms with Gasteiger partial charge >= 0.3 is 0 Å². The summed E-state index contributed by atoms with van der Waals surface area (Å²) in [6.45, 7) is 17.1. The zero-order chi connectivity index (χ0) is 19.6. The van der Waals surface area contributed by atoms with Crippen LogP contribution < -0.4 is 0 Å². The van der Waals surface area contributed by atoms with Gasteiger partial charge in [-0.05, 0) is 57.9 Å². The van der Waals surface area contributed by atoms with Crippen molar-refractivity contribution in [2.45, 2.75) is 60.8 Å². The summed E-state index contributed by atoms with van der Waals surface area (Å²) < 4.78 is 0. The van der Waals surface area contributed by atoms with Crippen LogP contribution in [0.3, 0.4) is 0 Å². The van der Waals surface area contributed by atoms with E-state index in [1.165, 1.54) is 41.6 Å². The van der Waals surface area contributed by atoms with E-state index in [1.807, 2.05) is 19.1 Å². The van der Waals surface area contributed by atoms with E-state index in [0.29, 0.717) is 5.41 Å². The lowest BCUT2D eigenvalue weighted by molar-refractivity contribution is 0.377. The fourth-order valence-corrected chi connectivity index (χ4v) is 3.17. The van der Waals surface area contributed by atoms with Gasteiger partial charge in [0.2, 0.25) is 0 Å². The van der Waals surface area contributed by atoms with Gasteiger partial charge in [0.05, 0.1) is 0 Å². The van der Waals surface area contributed by atoms with Crippen LogP contribution in [0.15, 0.2) is 95.2 Å². The molecule has 0 heterocycles. The van der Waals surface area contributed by atoms with Gasteiger partial charge in [0.1, 0.15) is 0 Å². The summed E-state index contributed by atoms with van der Waals surface area (Å²) in [6.07, 6.45) is 25.0. The summed E-state index contributed by atoms with van der Waals surface area (Å²) in [7, 11) is 0. The van der Waals surface area contributed by atoms with E-state index in [2.05, 4.69) is 89.8 Å². The Kier molecular flexibility index (Phi) is 9.13. The monoisotopic (exact) mass is 348 g/mol. The van der Waals surface area contributed by atoms with E-state index in [4.69, 9.17) is 0 Å². The van der Waals surface area contributed by atoms with Gasteiger partial charge in [-0.2, -0.15) is 0 Å². The summed E-state index contributed by atoms with van der Waals surface area (Å²) in [5.41, 5.74) is 7.04. The first-order chi connectivity index (χ1) is 12.3. The molecule has 1 rings (SSSR count). The molecule has 0 aromatic rings. The maximum absolute atomic E-state index is 3.74. The molecule has 0 fully saturated rings. The van der Waals surface area contributed by atoms with E-state index in [1.54, 1.807) is 5.57 Å². The standard InChI is InChI=1S/C26H36/c1-8-21(2)13-9-10-14-22(3)15-11-16-23(4)18-19-25-24(5)17-12-20-26(25,6)7/h8-11,13-16,18-19H,1,12,17,20H2,2-7H3/b10-9+,15-11+,19-18+,21-13+,22-14+,23-16+. The molecule has 0 N–H and O–H groups in total. The Morgan fingerprint density at radius 1 is 0.885 bits per heavy atom. The number of allylic oxidation sites excluding steroid dienone is 15. The van der Waals surface area contributed by atoms with E-state index in [-0.39, 0.29) is 0 Å². The highest BCUT2D eigenvalue weighted by Gasteiger charge is 2.26. The van der Waals surface area contributed by atoms with Crippen molar-refractivity contribution in [3.63, 3.8) is 0 Å². The average molecular weight is 349 g/mol. The second-order valence-electron chi connectivity index (χ2n) is 7.94. The van der Waals surface area contributed by atoms with Crippen molar-refractivity contribution in [3.05, 3.63) is 95.2 Å². The summed E-state index contributed by atoms with van der Waals surface area (Å²) in [6, 6.07) is 0. The minimum Gasteiger partial charge on any atom is -0.0988 e. The van der Waals surface area contributed by atoms with E-state index >= 15 is 0 Å². The molecule has 0 spiro atoms. The molecule has 1 aliphatic carbocycles. The van der Waals surface area contributed by atoms with Crippen molar-refractivity contribution in [1.29, 1.82) is 0 Å². The molecule has 0 unspecified atom stereocenters. The van der Waals surface area contributed by atoms with E-state index in [0.717, 1.165) is 0 Å². The number of hydrogen-bond donors (Lipinski definition) is 0. The van der Waals surface area contributed by atoms with Gasteiger partial charge < -0.3 is 0 Å². The van der Waals surface area contributed by atoms with Gasteiger partial charge in [-0.1, -0.05) is 103 Å². The molecule has 1 aliphatic rings. The SMILES string of the molecule is C=C/C(C)=C/C=C/C=C(C)/C=C/C=C(C)/C=C/C1=C(C)CCCC1(C)C. The first kappa shape index (κ1) is 22.0. The largest absolute Gasteiger partial charge is 0.0988 e. The fraction of sp³-hybridized carbons (Fsp3) is 0.385. The highest BCUT2D eigenvalue weighted by atomic mass is 14.3. The van der Waals surface area contributed by atoms with Gasteiger partial charge in [0.25, 0.3) is 0 Å². The molecule has 0 heteroatoms. The lowest BCUT2D eigenvalue weighted by Crippen LogP contribution is -2.19. The predicted octanol–water partition coefficient (Wildman–Crippen LogP) is 8.21. The molecule has 0 saturated heterocycles. The van der Waals surface area contributed by atoms with Crippen LogP contribution >= 0.6 is 0 Å². The van der Waals surface area contributed by atoms with Crippen molar-refractivity contribution in [2.24, 2.45) is 5.41 Å². The molecule has 26 heavy (non-hydrogen) atoms. The Labute approximate surface area is 161 Å². The maximum Gasteiger partial charge on any atom is -0.0104 e. The molecule has 0 aromatic heterocycles. The second kappa shape index (κ2) is 10.8. The molecule has 0 amide bonds. The third-order valence-corrected chi connectivity index (χ3v) is 4.92. The van der Waals surface area contributed by atoms with Crippen LogP contribution in [0.1, 0.15) is 60.8 Å². The topological polar surface area (TPSA) is 0 Å². The number of rotatable bonds is 7. The quantitative estimate of drug-likeness (QED) is 0.407. The third kappa shape index (κ3) is 7.87. The summed E-state index contributed by atoms with van der Waals surface area (Å²) in [5, 5.41) is 0. The molecule has 0 atom stereocenters. The summed E-state index contributed by atoms with van der Waals surface area (Å²) in [5.74, 6) is 0. The highest BCUT2D eigenvalue weighted by Crippen LogP contribution is 2.40. The van der Waals surface area contributed by atoms with Crippen LogP contribution in [0.4, 0.5) is 0 Å². The zero-order valence-corrected chi connectivity index (χ0v) is 17.6. The van der Waals surface area contributed by atoms with E-state index < -0.39 is 0 Å². The minimum absolute atomic E-state index is 0.305.